The molecule has 138 valence electrons. The lowest BCUT2D eigenvalue weighted by molar-refractivity contribution is 0.0946. The number of aromatic amines is 1. The fraction of sp³-hybridized carbons (Fsp3) is 0.263. The highest BCUT2D eigenvalue weighted by Crippen LogP contribution is 2.38. The Balaban J connectivity index is 1.37. The van der Waals surface area contributed by atoms with E-state index in [9.17, 15) is 14.0 Å². The molecule has 3 aromatic rings. The van der Waals surface area contributed by atoms with Crippen LogP contribution in [-0.2, 0) is 6.54 Å². The van der Waals surface area contributed by atoms with Gasteiger partial charge in [0.15, 0.2) is 0 Å². The van der Waals surface area contributed by atoms with Gasteiger partial charge in [0.05, 0.1) is 17.9 Å². The van der Waals surface area contributed by atoms with Crippen molar-refractivity contribution in [3.8, 4) is 11.3 Å². The lowest BCUT2D eigenvalue weighted by Crippen LogP contribution is -2.32. The minimum Gasteiger partial charge on any atom is -0.349 e. The Morgan fingerprint density at radius 3 is 2.74 bits per heavy atom. The number of nitrogens with one attached hydrogen (secondary N) is 2. The van der Waals surface area contributed by atoms with E-state index in [2.05, 4.69) is 20.6 Å². The Labute approximate surface area is 154 Å². The summed E-state index contributed by atoms with van der Waals surface area (Å²) >= 11 is 0. The van der Waals surface area contributed by atoms with Gasteiger partial charge in [-0.1, -0.05) is 0 Å². The van der Waals surface area contributed by atoms with Crippen molar-refractivity contribution in [3.05, 3.63) is 70.0 Å². The number of carbonyl (C=O) groups is 1. The fourth-order valence-corrected chi connectivity index (χ4v) is 2.80. The first-order valence-electron chi connectivity index (χ1n) is 8.78. The number of carbonyl (C=O) groups excluding carboxylic acids is 1. The molecule has 0 radical (unpaired) electrons. The summed E-state index contributed by atoms with van der Waals surface area (Å²) in [6.45, 7) is 0.564. The van der Waals surface area contributed by atoms with Gasteiger partial charge in [0.1, 0.15) is 11.5 Å². The number of H-pyrrole nitrogens is 1. The van der Waals surface area contributed by atoms with Gasteiger partial charge in [-0.15, -0.1) is 0 Å². The molecule has 4 rings (SSSR count). The van der Waals surface area contributed by atoms with Crippen molar-refractivity contribution in [1.82, 2.24) is 25.3 Å². The molecular weight excluding hydrogens is 349 g/mol. The zero-order valence-electron chi connectivity index (χ0n) is 14.5. The molecule has 2 heterocycles. The average Bonchev–Trinajstić information content (AvgIpc) is 3.40. The number of hydrogen-bond donors (Lipinski definition) is 2. The third kappa shape index (κ3) is 3.94. The van der Waals surface area contributed by atoms with Crippen LogP contribution in [0.3, 0.4) is 0 Å². The number of hydrogen-bond acceptors (Lipinski definition) is 4. The normalized spacial score (nSPS) is 13.5. The highest BCUT2D eigenvalue weighted by atomic mass is 19.1. The zero-order valence-corrected chi connectivity index (χ0v) is 14.5. The van der Waals surface area contributed by atoms with E-state index < -0.39 is 0 Å². The van der Waals surface area contributed by atoms with Gasteiger partial charge in [-0.25, -0.2) is 9.07 Å². The summed E-state index contributed by atoms with van der Waals surface area (Å²) in [5, 5.41) is 13.9. The van der Waals surface area contributed by atoms with Crippen LogP contribution in [0.4, 0.5) is 4.39 Å². The molecule has 0 saturated heterocycles. The van der Waals surface area contributed by atoms with Crippen molar-refractivity contribution in [1.29, 1.82) is 0 Å². The van der Waals surface area contributed by atoms with E-state index in [1.54, 1.807) is 24.3 Å². The summed E-state index contributed by atoms with van der Waals surface area (Å²) < 4.78 is 14.4. The Hall–Kier alpha value is -3.29. The largest absolute Gasteiger partial charge is 0.349 e. The molecule has 1 fully saturated rings. The van der Waals surface area contributed by atoms with Gasteiger partial charge in [0, 0.05) is 24.1 Å². The Morgan fingerprint density at radius 2 is 2.00 bits per heavy atom. The molecule has 0 aliphatic heterocycles. The minimum absolute atomic E-state index is 0.186. The second kappa shape index (κ2) is 7.14. The van der Waals surface area contributed by atoms with Crippen LogP contribution < -0.4 is 10.9 Å². The molecule has 0 spiro atoms. The summed E-state index contributed by atoms with van der Waals surface area (Å²) in [4.78, 5) is 24.1. The number of amides is 1. The van der Waals surface area contributed by atoms with Crippen LogP contribution in [0.1, 0.15) is 34.9 Å². The summed E-state index contributed by atoms with van der Waals surface area (Å²) in [7, 11) is 0. The quantitative estimate of drug-likeness (QED) is 0.698. The predicted molar refractivity (Wildman–Crippen MR) is 96.8 cm³/mol. The molecule has 8 heteroatoms. The molecular formula is C19H18FN5O2. The SMILES string of the molecule is O=C(NCCn1nc(C2CC2)ccc1=O)c1cc(-c2ccc(F)cc2)n[nH]1. The number of nitrogens with zero attached hydrogens (tertiary/aromatic N) is 3. The van der Waals surface area contributed by atoms with E-state index in [-0.39, 0.29) is 23.8 Å². The van der Waals surface area contributed by atoms with Crippen LogP contribution in [0.5, 0.6) is 0 Å². The van der Waals surface area contributed by atoms with E-state index in [0.717, 1.165) is 18.5 Å². The van der Waals surface area contributed by atoms with Crippen molar-refractivity contribution in [3.63, 3.8) is 0 Å². The minimum atomic E-state index is -0.332. The Bertz CT molecular complexity index is 1020. The summed E-state index contributed by atoms with van der Waals surface area (Å²) in [5.41, 5.74) is 2.29. The van der Waals surface area contributed by atoms with Crippen molar-refractivity contribution >= 4 is 5.91 Å². The van der Waals surface area contributed by atoms with E-state index in [4.69, 9.17) is 0 Å². The van der Waals surface area contributed by atoms with Crippen molar-refractivity contribution < 1.29 is 9.18 Å². The molecule has 27 heavy (non-hydrogen) atoms. The van der Waals surface area contributed by atoms with Gasteiger partial charge < -0.3 is 5.32 Å². The van der Waals surface area contributed by atoms with Crippen LogP contribution in [0.2, 0.25) is 0 Å². The molecule has 1 aromatic carbocycles. The fourth-order valence-electron chi connectivity index (χ4n) is 2.80. The first kappa shape index (κ1) is 17.1. The van der Waals surface area contributed by atoms with E-state index in [1.807, 2.05) is 0 Å². The highest BCUT2D eigenvalue weighted by Gasteiger charge is 2.25. The predicted octanol–water partition coefficient (Wildman–Crippen LogP) is 2.08. The van der Waals surface area contributed by atoms with Crippen LogP contribution in [-0.4, -0.2) is 32.4 Å². The van der Waals surface area contributed by atoms with Crippen LogP contribution in [0.15, 0.2) is 47.3 Å². The maximum Gasteiger partial charge on any atom is 0.269 e. The maximum atomic E-state index is 13.0. The van der Waals surface area contributed by atoms with Gasteiger partial charge in [0.2, 0.25) is 0 Å². The van der Waals surface area contributed by atoms with Crippen molar-refractivity contribution in [2.24, 2.45) is 0 Å². The highest BCUT2D eigenvalue weighted by molar-refractivity contribution is 5.93. The van der Waals surface area contributed by atoms with Crippen LogP contribution in [0, 0.1) is 5.82 Å². The number of rotatable bonds is 6. The molecule has 2 N–H and O–H groups in total. The molecule has 2 aromatic heterocycles. The van der Waals surface area contributed by atoms with Crippen molar-refractivity contribution in [2.75, 3.05) is 6.54 Å². The van der Waals surface area contributed by atoms with Gasteiger partial charge in [0.25, 0.3) is 11.5 Å². The molecule has 0 atom stereocenters. The number of aromatic nitrogens is 4. The smallest absolute Gasteiger partial charge is 0.269 e. The number of benzene rings is 1. The Morgan fingerprint density at radius 1 is 1.22 bits per heavy atom. The summed E-state index contributed by atoms with van der Waals surface area (Å²) in [6.07, 6.45) is 2.22. The second-order valence-corrected chi connectivity index (χ2v) is 6.52. The molecule has 1 aliphatic rings. The van der Waals surface area contributed by atoms with Crippen LogP contribution in [0.25, 0.3) is 11.3 Å². The third-order valence-electron chi connectivity index (χ3n) is 4.45. The first-order chi connectivity index (χ1) is 13.1. The average molecular weight is 367 g/mol. The van der Waals surface area contributed by atoms with Crippen LogP contribution >= 0.6 is 0 Å². The van der Waals surface area contributed by atoms with Gasteiger partial charge >= 0.3 is 0 Å². The van der Waals surface area contributed by atoms with E-state index in [0.29, 0.717) is 29.4 Å². The standard InChI is InChI=1S/C19H18FN5O2/c20-14-5-3-13(4-6-14)16-11-17(23-22-16)19(27)21-9-10-25-18(26)8-7-15(24-25)12-1-2-12/h3-8,11-12H,1-2,9-10H2,(H,21,27)(H,22,23). The monoisotopic (exact) mass is 367 g/mol. The van der Waals surface area contributed by atoms with E-state index >= 15 is 0 Å². The lowest BCUT2D eigenvalue weighted by Gasteiger charge is -2.07. The summed E-state index contributed by atoms with van der Waals surface area (Å²) in [5.74, 6) is -0.203. The molecule has 0 bridgehead atoms. The van der Waals surface area contributed by atoms with Crippen molar-refractivity contribution in [2.45, 2.75) is 25.3 Å². The summed E-state index contributed by atoms with van der Waals surface area (Å²) in [6, 6.07) is 10.8. The zero-order chi connectivity index (χ0) is 18.8. The van der Waals surface area contributed by atoms with Gasteiger partial charge in [-0.2, -0.15) is 10.2 Å². The third-order valence-corrected chi connectivity index (χ3v) is 4.45. The molecule has 1 aliphatic carbocycles. The topological polar surface area (TPSA) is 92.7 Å². The molecule has 7 nitrogen and oxygen atoms in total. The Kier molecular flexibility index (Phi) is 4.53. The second-order valence-electron chi connectivity index (χ2n) is 6.52. The van der Waals surface area contributed by atoms with Gasteiger partial charge in [-0.3, -0.25) is 14.7 Å². The molecule has 1 amide bonds. The lowest BCUT2D eigenvalue weighted by atomic mass is 10.1. The van der Waals surface area contributed by atoms with E-state index in [1.165, 1.54) is 22.9 Å². The molecule has 0 unspecified atom stereocenters. The molecule has 1 saturated carbocycles. The first-order valence-corrected chi connectivity index (χ1v) is 8.78. The number of halogens is 1. The van der Waals surface area contributed by atoms with Gasteiger partial charge in [-0.05, 0) is 49.2 Å². The maximum absolute atomic E-state index is 13.0.